The zero-order chi connectivity index (χ0) is 15.3. The lowest BCUT2D eigenvalue weighted by Gasteiger charge is -2.43. The highest BCUT2D eigenvalue weighted by molar-refractivity contribution is 5.38. The van der Waals surface area contributed by atoms with Crippen LogP contribution < -0.4 is 16.0 Å². The van der Waals surface area contributed by atoms with Crippen LogP contribution in [0.25, 0.3) is 0 Å². The van der Waals surface area contributed by atoms with Crippen molar-refractivity contribution in [2.45, 2.75) is 50.7 Å². The highest BCUT2D eigenvalue weighted by atomic mass is 19.1. The smallest absolute Gasteiger partial charge is 0.124 e. The minimum absolute atomic E-state index is 0.289. The van der Waals surface area contributed by atoms with Crippen LogP contribution in [0.15, 0.2) is 18.2 Å². The van der Waals surface area contributed by atoms with Gasteiger partial charge in [0.25, 0.3) is 0 Å². The van der Waals surface area contributed by atoms with Gasteiger partial charge in [-0.05, 0) is 38.0 Å². The van der Waals surface area contributed by atoms with Crippen molar-refractivity contribution >= 4 is 0 Å². The third-order valence-corrected chi connectivity index (χ3v) is 4.33. The quantitative estimate of drug-likeness (QED) is 0.625. The number of methoxy groups -OCH3 is 1. The Kier molecular flexibility index (Phi) is 5.56. The summed E-state index contributed by atoms with van der Waals surface area (Å²) in [6, 6.07) is 4.23. The lowest BCUT2D eigenvalue weighted by atomic mass is 9.76. The van der Waals surface area contributed by atoms with Crippen molar-refractivity contribution in [3.8, 4) is 5.75 Å². The average Bonchev–Trinajstić information content (AvgIpc) is 2.49. The summed E-state index contributed by atoms with van der Waals surface area (Å²) >= 11 is 0. The van der Waals surface area contributed by atoms with Gasteiger partial charge in [-0.25, -0.2) is 9.82 Å². The number of nitrogens with two attached hydrogens (primary N) is 1. The molecule has 21 heavy (non-hydrogen) atoms. The van der Waals surface area contributed by atoms with Gasteiger partial charge in [0.15, 0.2) is 0 Å². The Labute approximate surface area is 125 Å². The molecule has 0 bridgehead atoms. The normalized spacial score (nSPS) is 19.2. The second kappa shape index (κ2) is 7.20. The summed E-state index contributed by atoms with van der Waals surface area (Å²) in [4.78, 5) is 0. The van der Waals surface area contributed by atoms with Gasteiger partial charge in [0.05, 0.1) is 18.8 Å². The molecule has 1 atom stereocenters. The summed E-state index contributed by atoms with van der Waals surface area (Å²) in [5.41, 5.74) is 3.16. The third-order valence-electron chi connectivity index (χ3n) is 4.33. The fraction of sp³-hybridized carbons (Fsp3) is 0.625. The second-order valence-electron chi connectivity index (χ2n) is 5.54. The first-order valence-electron chi connectivity index (χ1n) is 7.60. The Morgan fingerprint density at radius 3 is 2.62 bits per heavy atom. The number of nitrogens with one attached hydrogen (secondary N) is 1. The summed E-state index contributed by atoms with van der Waals surface area (Å²) in [5.74, 6) is 6.15. The molecule has 0 radical (unpaired) electrons. The zero-order valence-electron chi connectivity index (χ0n) is 12.8. The monoisotopic (exact) mass is 296 g/mol. The predicted molar refractivity (Wildman–Crippen MR) is 80.5 cm³/mol. The van der Waals surface area contributed by atoms with Crippen LogP contribution >= 0.6 is 0 Å². The van der Waals surface area contributed by atoms with Crippen LogP contribution in [0.5, 0.6) is 5.75 Å². The molecule has 1 aliphatic rings. The average molecular weight is 296 g/mol. The van der Waals surface area contributed by atoms with Crippen molar-refractivity contribution in [2.75, 3.05) is 13.7 Å². The molecule has 5 heteroatoms. The van der Waals surface area contributed by atoms with Crippen molar-refractivity contribution in [3.05, 3.63) is 29.6 Å². The number of ether oxygens (including phenoxy) is 2. The molecule has 118 valence electrons. The molecule has 0 spiro atoms. The third kappa shape index (κ3) is 3.36. The van der Waals surface area contributed by atoms with Gasteiger partial charge in [-0.1, -0.05) is 19.3 Å². The van der Waals surface area contributed by atoms with Crippen LogP contribution in [-0.2, 0) is 4.74 Å². The van der Waals surface area contributed by atoms with E-state index in [0.717, 1.165) is 31.2 Å². The first-order valence-corrected chi connectivity index (χ1v) is 7.60. The topological polar surface area (TPSA) is 56.5 Å². The van der Waals surface area contributed by atoms with E-state index >= 15 is 0 Å². The standard InChI is InChI=1S/C16H25FN2O2/c1-3-21-16(9-5-4-6-10-16)15(19-18)13-11-12(17)7-8-14(13)20-2/h7-8,11,15,19H,3-6,9-10,18H2,1-2H3. The number of rotatable bonds is 6. The van der Waals surface area contributed by atoms with Crippen LogP contribution in [0.3, 0.4) is 0 Å². The van der Waals surface area contributed by atoms with E-state index in [1.54, 1.807) is 13.2 Å². The van der Waals surface area contributed by atoms with E-state index in [0.29, 0.717) is 12.4 Å². The van der Waals surface area contributed by atoms with Crippen molar-refractivity contribution in [2.24, 2.45) is 5.84 Å². The van der Waals surface area contributed by atoms with Crippen LogP contribution in [0.4, 0.5) is 4.39 Å². The molecule has 4 nitrogen and oxygen atoms in total. The van der Waals surface area contributed by atoms with Gasteiger partial charge in [-0.3, -0.25) is 5.84 Å². The molecular formula is C16H25FN2O2. The molecular weight excluding hydrogens is 271 g/mol. The summed E-state index contributed by atoms with van der Waals surface area (Å²) in [7, 11) is 1.58. The van der Waals surface area contributed by atoms with E-state index in [4.69, 9.17) is 15.3 Å². The Morgan fingerprint density at radius 2 is 2.05 bits per heavy atom. The summed E-state index contributed by atoms with van der Waals surface area (Å²) < 4.78 is 25.2. The van der Waals surface area contributed by atoms with Gasteiger partial charge in [-0.15, -0.1) is 0 Å². The summed E-state index contributed by atoms with van der Waals surface area (Å²) in [6.07, 6.45) is 5.21. The SMILES string of the molecule is CCOC1(C(NN)c2cc(F)ccc2OC)CCCCC1. The molecule has 1 saturated carbocycles. The van der Waals surface area contributed by atoms with Gasteiger partial charge in [-0.2, -0.15) is 0 Å². The summed E-state index contributed by atoms with van der Waals surface area (Å²) in [5, 5.41) is 0. The maximum absolute atomic E-state index is 13.7. The Morgan fingerprint density at radius 1 is 1.33 bits per heavy atom. The van der Waals surface area contributed by atoms with Crippen LogP contribution in [0.2, 0.25) is 0 Å². The van der Waals surface area contributed by atoms with Gasteiger partial charge >= 0.3 is 0 Å². The Balaban J connectivity index is 2.42. The van der Waals surface area contributed by atoms with Crippen molar-refractivity contribution in [1.29, 1.82) is 0 Å². The van der Waals surface area contributed by atoms with Gasteiger partial charge < -0.3 is 9.47 Å². The van der Waals surface area contributed by atoms with E-state index < -0.39 is 5.60 Å². The zero-order valence-corrected chi connectivity index (χ0v) is 12.8. The molecule has 1 aromatic carbocycles. The van der Waals surface area contributed by atoms with Gasteiger partial charge in [0.1, 0.15) is 11.6 Å². The highest BCUT2D eigenvalue weighted by Gasteiger charge is 2.42. The van der Waals surface area contributed by atoms with Crippen molar-refractivity contribution < 1.29 is 13.9 Å². The van der Waals surface area contributed by atoms with Gasteiger partial charge in [0, 0.05) is 12.2 Å². The van der Waals surface area contributed by atoms with Crippen molar-refractivity contribution in [1.82, 2.24) is 5.43 Å². The maximum atomic E-state index is 13.7. The summed E-state index contributed by atoms with van der Waals surface area (Å²) in [6.45, 7) is 2.59. The molecule has 2 rings (SSSR count). The Hall–Kier alpha value is -1.17. The molecule has 0 aromatic heterocycles. The highest BCUT2D eigenvalue weighted by Crippen LogP contribution is 2.43. The van der Waals surface area contributed by atoms with Gasteiger partial charge in [0.2, 0.25) is 0 Å². The van der Waals surface area contributed by atoms with E-state index in [-0.39, 0.29) is 11.9 Å². The Bertz CT molecular complexity index is 456. The van der Waals surface area contributed by atoms with E-state index in [1.807, 2.05) is 6.92 Å². The first kappa shape index (κ1) is 16.2. The first-order chi connectivity index (χ1) is 10.2. The number of halogens is 1. The van der Waals surface area contributed by atoms with Crippen LogP contribution in [-0.4, -0.2) is 19.3 Å². The number of hydrazine groups is 1. The number of benzene rings is 1. The molecule has 1 unspecified atom stereocenters. The van der Waals surface area contributed by atoms with Crippen LogP contribution in [0.1, 0.15) is 50.6 Å². The maximum Gasteiger partial charge on any atom is 0.124 e. The molecule has 1 fully saturated rings. The van der Waals surface area contributed by atoms with E-state index in [1.165, 1.54) is 18.6 Å². The molecule has 0 amide bonds. The molecule has 0 saturated heterocycles. The minimum atomic E-state index is -0.400. The number of hydrogen-bond acceptors (Lipinski definition) is 4. The number of hydrogen-bond donors (Lipinski definition) is 2. The lowest BCUT2D eigenvalue weighted by Crippen LogP contribution is -2.50. The molecule has 0 heterocycles. The minimum Gasteiger partial charge on any atom is -0.496 e. The molecule has 3 N–H and O–H groups in total. The molecule has 1 aliphatic carbocycles. The molecule has 0 aliphatic heterocycles. The van der Waals surface area contributed by atoms with Crippen molar-refractivity contribution in [3.63, 3.8) is 0 Å². The lowest BCUT2D eigenvalue weighted by molar-refractivity contribution is -0.0917. The van der Waals surface area contributed by atoms with E-state index in [2.05, 4.69) is 5.43 Å². The molecule has 1 aromatic rings. The fourth-order valence-corrected chi connectivity index (χ4v) is 3.41. The largest absolute Gasteiger partial charge is 0.496 e. The fourth-order valence-electron chi connectivity index (χ4n) is 3.41. The van der Waals surface area contributed by atoms with Crippen LogP contribution in [0, 0.1) is 5.82 Å². The van der Waals surface area contributed by atoms with E-state index in [9.17, 15) is 4.39 Å². The second-order valence-corrected chi connectivity index (χ2v) is 5.54. The predicted octanol–water partition coefficient (Wildman–Crippen LogP) is 3.08.